The van der Waals surface area contributed by atoms with Gasteiger partial charge in [0.1, 0.15) is 17.3 Å². The van der Waals surface area contributed by atoms with Crippen LogP contribution in [0.25, 0.3) is 11.5 Å². The fraction of sp³-hybridized carbons (Fsp3) is 0.267. The molecule has 0 spiro atoms. The molecule has 0 bridgehead atoms. The fourth-order valence-corrected chi connectivity index (χ4v) is 3.86. The van der Waals surface area contributed by atoms with Gasteiger partial charge in [-0.1, -0.05) is 55.0 Å². The van der Waals surface area contributed by atoms with Crippen molar-refractivity contribution in [2.45, 2.75) is 40.2 Å². The van der Waals surface area contributed by atoms with Gasteiger partial charge in [-0.3, -0.25) is 0 Å². The standard InChI is InChI=1S/C30H32N2O4/c1-5-32(30(33)36-27-15-11-21(2)12-16-27)19-24-13-17-26(18-14-24)34-20-22(3)28-23(4)35-29(31-28)25-9-7-6-8-10-25/h6-18,22H,5,19-20H2,1-4H3. The van der Waals surface area contributed by atoms with Crippen LogP contribution in [0.3, 0.4) is 0 Å². The highest BCUT2D eigenvalue weighted by Gasteiger charge is 2.18. The first kappa shape index (κ1) is 25.0. The Morgan fingerprint density at radius 1 is 0.944 bits per heavy atom. The highest BCUT2D eigenvalue weighted by atomic mass is 16.6. The Balaban J connectivity index is 1.32. The lowest BCUT2D eigenvalue weighted by Crippen LogP contribution is -2.32. The Hall–Kier alpha value is -4.06. The monoisotopic (exact) mass is 484 g/mol. The summed E-state index contributed by atoms with van der Waals surface area (Å²) in [5, 5.41) is 0. The summed E-state index contributed by atoms with van der Waals surface area (Å²) in [5.41, 5.74) is 3.97. The molecule has 0 saturated heterocycles. The van der Waals surface area contributed by atoms with E-state index in [2.05, 4.69) is 6.92 Å². The van der Waals surface area contributed by atoms with Crippen LogP contribution in [0.2, 0.25) is 0 Å². The largest absolute Gasteiger partial charge is 0.493 e. The number of amides is 1. The van der Waals surface area contributed by atoms with Crippen molar-refractivity contribution in [2.75, 3.05) is 13.2 Å². The molecule has 1 amide bonds. The molecule has 1 unspecified atom stereocenters. The van der Waals surface area contributed by atoms with E-state index >= 15 is 0 Å². The van der Waals surface area contributed by atoms with Gasteiger partial charge in [0.15, 0.2) is 0 Å². The lowest BCUT2D eigenvalue weighted by molar-refractivity contribution is 0.152. The van der Waals surface area contributed by atoms with Crippen molar-refractivity contribution >= 4 is 6.09 Å². The van der Waals surface area contributed by atoms with Gasteiger partial charge in [-0.05, 0) is 62.7 Å². The predicted octanol–water partition coefficient (Wildman–Crippen LogP) is 7.16. The maximum Gasteiger partial charge on any atom is 0.415 e. The number of aryl methyl sites for hydroxylation is 2. The van der Waals surface area contributed by atoms with Crippen LogP contribution in [-0.2, 0) is 6.54 Å². The lowest BCUT2D eigenvalue weighted by atomic mass is 10.1. The van der Waals surface area contributed by atoms with E-state index in [1.54, 1.807) is 17.0 Å². The highest BCUT2D eigenvalue weighted by molar-refractivity contribution is 5.70. The van der Waals surface area contributed by atoms with E-state index in [4.69, 9.17) is 18.9 Å². The minimum Gasteiger partial charge on any atom is -0.493 e. The molecule has 6 heteroatoms. The first-order chi connectivity index (χ1) is 17.4. The van der Waals surface area contributed by atoms with Gasteiger partial charge in [-0.2, -0.15) is 0 Å². The smallest absolute Gasteiger partial charge is 0.415 e. The summed E-state index contributed by atoms with van der Waals surface area (Å²) < 4.78 is 17.4. The summed E-state index contributed by atoms with van der Waals surface area (Å²) in [6, 6.07) is 25.1. The normalized spacial score (nSPS) is 11.7. The second-order valence-electron chi connectivity index (χ2n) is 8.88. The van der Waals surface area contributed by atoms with Gasteiger partial charge in [-0.25, -0.2) is 9.78 Å². The van der Waals surface area contributed by atoms with Crippen LogP contribution in [0.4, 0.5) is 4.79 Å². The van der Waals surface area contributed by atoms with E-state index in [-0.39, 0.29) is 12.0 Å². The number of carbonyl (C=O) groups excluding carboxylic acids is 1. The van der Waals surface area contributed by atoms with Crippen LogP contribution in [0.1, 0.15) is 42.3 Å². The number of carbonyl (C=O) groups is 1. The first-order valence-corrected chi connectivity index (χ1v) is 12.2. The van der Waals surface area contributed by atoms with E-state index in [0.717, 1.165) is 33.9 Å². The molecule has 4 rings (SSSR count). The molecule has 6 nitrogen and oxygen atoms in total. The fourth-order valence-electron chi connectivity index (χ4n) is 3.86. The van der Waals surface area contributed by atoms with Crippen LogP contribution < -0.4 is 9.47 Å². The van der Waals surface area contributed by atoms with E-state index in [0.29, 0.717) is 31.3 Å². The van der Waals surface area contributed by atoms with Gasteiger partial charge in [-0.15, -0.1) is 0 Å². The maximum atomic E-state index is 12.6. The molecule has 1 aromatic heterocycles. The summed E-state index contributed by atoms with van der Waals surface area (Å²) in [5.74, 6) is 2.80. The Morgan fingerprint density at radius 2 is 1.61 bits per heavy atom. The molecule has 0 saturated carbocycles. The summed E-state index contributed by atoms with van der Waals surface area (Å²) in [6.07, 6.45) is -0.367. The van der Waals surface area contributed by atoms with E-state index in [1.807, 2.05) is 87.5 Å². The van der Waals surface area contributed by atoms with Crippen molar-refractivity contribution in [3.8, 4) is 23.0 Å². The molecule has 186 valence electrons. The van der Waals surface area contributed by atoms with Gasteiger partial charge in [0.25, 0.3) is 0 Å². The highest BCUT2D eigenvalue weighted by Crippen LogP contribution is 2.27. The van der Waals surface area contributed by atoms with Crippen LogP contribution in [0.15, 0.2) is 83.3 Å². The molecule has 1 atom stereocenters. The molecule has 0 radical (unpaired) electrons. The number of benzene rings is 3. The van der Waals surface area contributed by atoms with Gasteiger partial charge >= 0.3 is 6.09 Å². The average Bonchev–Trinajstić information content (AvgIpc) is 3.30. The first-order valence-electron chi connectivity index (χ1n) is 12.2. The zero-order chi connectivity index (χ0) is 25.5. The zero-order valence-corrected chi connectivity index (χ0v) is 21.2. The van der Waals surface area contributed by atoms with Crippen LogP contribution >= 0.6 is 0 Å². The third-order valence-electron chi connectivity index (χ3n) is 5.98. The van der Waals surface area contributed by atoms with Gasteiger partial charge in [0, 0.05) is 24.6 Å². The van der Waals surface area contributed by atoms with E-state index in [9.17, 15) is 4.79 Å². The Morgan fingerprint density at radius 3 is 2.28 bits per heavy atom. The Bertz CT molecular complexity index is 1260. The zero-order valence-electron chi connectivity index (χ0n) is 21.2. The van der Waals surface area contributed by atoms with Crippen molar-refractivity contribution in [3.05, 3.63) is 101 Å². The third kappa shape index (κ3) is 6.33. The van der Waals surface area contributed by atoms with Crippen molar-refractivity contribution in [2.24, 2.45) is 0 Å². The Kier molecular flexibility index (Phi) is 8.06. The third-order valence-corrected chi connectivity index (χ3v) is 5.98. The van der Waals surface area contributed by atoms with Crippen molar-refractivity contribution in [1.82, 2.24) is 9.88 Å². The molecule has 4 aromatic rings. The van der Waals surface area contributed by atoms with Crippen molar-refractivity contribution < 1.29 is 18.7 Å². The number of nitrogens with zero attached hydrogens (tertiary/aromatic N) is 2. The van der Waals surface area contributed by atoms with E-state index < -0.39 is 0 Å². The molecule has 0 N–H and O–H groups in total. The number of oxazole rings is 1. The predicted molar refractivity (Wildman–Crippen MR) is 140 cm³/mol. The molecule has 0 aliphatic rings. The van der Waals surface area contributed by atoms with E-state index in [1.165, 1.54) is 0 Å². The molecular weight excluding hydrogens is 452 g/mol. The molecule has 3 aromatic carbocycles. The van der Waals surface area contributed by atoms with Gasteiger partial charge in [0.05, 0.1) is 12.3 Å². The second-order valence-corrected chi connectivity index (χ2v) is 8.88. The molecule has 0 aliphatic carbocycles. The van der Waals surface area contributed by atoms with Crippen molar-refractivity contribution in [3.63, 3.8) is 0 Å². The Labute approximate surface area is 212 Å². The number of hydrogen-bond donors (Lipinski definition) is 0. The van der Waals surface area contributed by atoms with Crippen molar-refractivity contribution in [1.29, 1.82) is 0 Å². The average molecular weight is 485 g/mol. The number of aromatic nitrogens is 1. The summed E-state index contributed by atoms with van der Waals surface area (Å²) in [4.78, 5) is 19.0. The van der Waals surface area contributed by atoms with Gasteiger partial charge < -0.3 is 18.8 Å². The maximum absolute atomic E-state index is 12.6. The van der Waals surface area contributed by atoms with Gasteiger partial charge in [0.2, 0.25) is 5.89 Å². The van der Waals surface area contributed by atoms with Crippen LogP contribution in [0, 0.1) is 13.8 Å². The molecule has 0 fully saturated rings. The van der Waals surface area contributed by atoms with Crippen LogP contribution in [-0.4, -0.2) is 29.1 Å². The molecule has 0 aliphatic heterocycles. The SMILES string of the molecule is CCN(Cc1ccc(OCC(C)c2nc(-c3ccccc3)oc2C)cc1)C(=O)Oc1ccc(C)cc1. The molecular formula is C30H32N2O4. The summed E-state index contributed by atoms with van der Waals surface area (Å²) in [7, 11) is 0. The second kappa shape index (κ2) is 11.6. The number of hydrogen-bond acceptors (Lipinski definition) is 5. The quantitative estimate of drug-likeness (QED) is 0.252. The number of ether oxygens (including phenoxy) is 2. The molecule has 36 heavy (non-hydrogen) atoms. The minimum absolute atomic E-state index is 0.0676. The number of rotatable bonds is 9. The summed E-state index contributed by atoms with van der Waals surface area (Å²) in [6.45, 7) is 9.42. The minimum atomic E-state index is -0.367. The summed E-state index contributed by atoms with van der Waals surface area (Å²) >= 11 is 0. The molecule has 1 heterocycles. The topological polar surface area (TPSA) is 64.8 Å². The van der Waals surface area contributed by atoms with Crippen LogP contribution in [0.5, 0.6) is 11.5 Å². The lowest BCUT2D eigenvalue weighted by Gasteiger charge is -2.20.